The highest BCUT2D eigenvalue weighted by Gasteiger charge is 2.44. The van der Waals surface area contributed by atoms with Crippen molar-refractivity contribution in [3.63, 3.8) is 0 Å². The predicted molar refractivity (Wildman–Crippen MR) is 125 cm³/mol. The van der Waals surface area contributed by atoms with Gasteiger partial charge in [0.1, 0.15) is 11.6 Å². The maximum atomic E-state index is 13.1. The molecule has 4 unspecified atom stereocenters. The summed E-state index contributed by atoms with van der Waals surface area (Å²) in [4.78, 5) is 25.4. The molecule has 0 aromatic heterocycles. The molecule has 3 rings (SSSR count). The predicted octanol–water partition coefficient (Wildman–Crippen LogP) is 6.38. The molecule has 4 heteroatoms. The molecule has 2 fully saturated rings. The normalized spacial score (nSPS) is 26.9. The maximum absolute atomic E-state index is 13.1. The van der Waals surface area contributed by atoms with Gasteiger partial charge >= 0.3 is 0 Å². The number of aryl methyl sites for hydroxylation is 1. The van der Waals surface area contributed by atoms with Gasteiger partial charge in [-0.2, -0.15) is 0 Å². The third kappa shape index (κ3) is 6.64. The van der Waals surface area contributed by atoms with E-state index in [-0.39, 0.29) is 29.6 Å². The number of Topliss-reactive ketones (excluding diaryl/α,β-unsaturated/α-hetero) is 2. The standard InChI is InChI=1S/C26H39O3P/c1-20(27)24-17-23(22-14-7-4-8-15-22)18-25(24)26(28)19-30(2,29)16-10-9-13-21-11-5-3-6-12-21/h3,5-6,11-12,22-25H,4,7-10,13-19H2,1-2H3. The van der Waals surface area contributed by atoms with Gasteiger partial charge in [0.25, 0.3) is 0 Å². The molecule has 4 atom stereocenters. The van der Waals surface area contributed by atoms with Gasteiger partial charge in [-0.3, -0.25) is 9.59 Å². The van der Waals surface area contributed by atoms with Gasteiger partial charge in [0.05, 0.1) is 13.3 Å². The van der Waals surface area contributed by atoms with Gasteiger partial charge in [0.2, 0.25) is 0 Å². The summed E-state index contributed by atoms with van der Waals surface area (Å²) in [7, 11) is -2.49. The van der Waals surface area contributed by atoms with Crippen molar-refractivity contribution in [2.24, 2.45) is 23.7 Å². The van der Waals surface area contributed by atoms with Crippen molar-refractivity contribution >= 4 is 18.7 Å². The largest absolute Gasteiger partial charge is 0.323 e. The average molecular weight is 431 g/mol. The summed E-state index contributed by atoms with van der Waals surface area (Å²) in [6.07, 6.45) is 11.8. The highest BCUT2D eigenvalue weighted by Crippen LogP contribution is 2.48. The average Bonchev–Trinajstić information content (AvgIpc) is 3.19. The number of hydrogen-bond acceptors (Lipinski definition) is 3. The van der Waals surface area contributed by atoms with Crippen LogP contribution in [0, 0.1) is 23.7 Å². The molecule has 1 aromatic carbocycles. The van der Waals surface area contributed by atoms with Crippen LogP contribution in [0.4, 0.5) is 0 Å². The Bertz CT molecular complexity index is 751. The Labute approximate surface area is 182 Å². The monoisotopic (exact) mass is 430 g/mol. The molecule has 0 saturated heterocycles. The van der Waals surface area contributed by atoms with Crippen molar-refractivity contribution in [2.45, 2.75) is 71.1 Å². The third-order valence-electron chi connectivity index (χ3n) is 7.53. The van der Waals surface area contributed by atoms with E-state index >= 15 is 0 Å². The highest BCUT2D eigenvalue weighted by molar-refractivity contribution is 7.64. The molecule has 0 N–H and O–H groups in total. The van der Waals surface area contributed by atoms with Crippen LogP contribution in [0.15, 0.2) is 30.3 Å². The van der Waals surface area contributed by atoms with E-state index < -0.39 is 7.14 Å². The van der Waals surface area contributed by atoms with Crippen LogP contribution < -0.4 is 0 Å². The van der Waals surface area contributed by atoms with Crippen LogP contribution in [0.5, 0.6) is 0 Å². The molecule has 0 heterocycles. The Hall–Kier alpha value is -1.21. The van der Waals surface area contributed by atoms with Crippen molar-refractivity contribution in [3.8, 4) is 0 Å². The quantitative estimate of drug-likeness (QED) is 0.319. The van der Waals surface area contributed by atoms with Crippen molar-refractivity contribution in [2.75, 3.05) is 19.0 Å². The SMILES string of the molecule is CC(=O)C1CC(C2CCCCC2)CC1C(=O)CP(C)(=O)CCCCc1ccccc1. The van der Waals surface area contributed by atoms with Crippen molar-refractivity contribution in [1.82, 2.24) is 0 Å². The summed E-state index contributed by atoms with van der Waals surface area (Å²) in [5.74, 6) is 1.12. The molecule has 0 radical (unpaired) electrons. The summed E-state index contributed by atoms with van der Waals surface area (Å²) in [5, 5.41) is 0. The summed E-state index contributed by atoms with van der Waals surface area (Å²) >= 11 is 0. The lowest BCUT2D eigenvalue weighted by molar-refractivity contribution is -0.128. The highest BCUT2D eigenvalue weighted by atomic mass is 31.2. The van der Waals surface area contributed by atoms with Gasteiger partial charge in [-0.25, -0.2) is 0 Å². The molecule has 2 aliphatic carbocycles. The summed E-state index contributed by atoms with van der Waals surface area (Å²) in [5.41, 5.74) is 1.31. The number of carbonyl (C=O) groups excluding carboxylic acids is 2. The number of ketones is 2. The van der Waals surface area contributed by atoms with Crippen LogP contribution in [0.1, 0.15) is 70.3 Å². The third-order valence-corrected chi connectivity index (χ3v) is 9.77. The van der Waals surface area contributed by atoms with Crippen LogP contribution in [0.25, 0.3) is 0 Å². The van der Waals surface area contributed by atoms with E-state index in [1.54, 1.807) is 13.6 Å². The number of rotatable bonds is 10. The van der Waals surface area contributed by atoms with E-state index in [1.165, 1.54) is 37.7 Å². The molecule has 3 nitrogen and oxygen atoms in total. The fourth-order valence-electron chi connectivity index (χ4n) is 5.82. The number of unbranched alkanes of at least 4 members (excludes halogenated alkanes) is 1. The Morgan fingerprint density at radius 2 is 1.60 bits per heavy atom. The van der Waals surface area contributed by atoms with Crippen molar-refractivity contribution in [3.05, 3.63) is 35.9 Å². The van der Waals surface area contributed by atoms with E-state index in [0.717, 1.165) is 32.1 Å². The summed E-state index contributed by atoms with van der Waals surface area (Å²) in [6, 6.07) is 10.4. The van der Waals surface area contributed by atoms with Crippen LogP contribution >= 0.6 is 7.14 Å². The summed E-state index contributed by atoms with van der Waals surface area (Å²) in [6.45, 7) is 3.44. The van der Waals surface area contributed by atoms with Crippen LogP contribution in [0.3, 0.4) is 0 Å². The second-order valence-electron chi connectivity index (χ2n) is 10.0. The Morgan fingerprint density at radius 1 is 0.933 bits per heavy atom. The Balaban J connectivity index is 1.50. The molecule has 166 valence electrons. The van der Waals surface area contributed by atoms with Gasteiger partial charge in [-0.1, -0.05) is 62.4 Å². The van der Waals surface area contributed by atoms with Gasteiger partial charge < -0.3 is 4.57 Å². The first-order chi connectivity index (χ1) is 14.4. The molecular formula is C26H39O3P. The zero-order chi connectivity index (χ0) is 21.6. The molecule has 30 heavy (non-hydrogen) atoms. The molecule has 0 bridgehead atoms. The van der Waals surface area contributed by atoms with E-state index in [9.17, 15) is 14.2 Å². The van der Waals surface area contributed by atoms with E-state index in [1.807, 2.05) is 18.2 Å². The minimum Gasteiger partial charge on any atom is -0.323 e. The Morgan fingerprint density at radius 3 is 2.27 bits per heavy atom. The fourth-order valence-corrected chi connectivity index (χ4v) is 7.76. The zero-order valence-electron chi connectivity index (χ0n) is 18.9. The lowest BCUT2D eigenvalue weighted by Gasteiger charge is -2.27. The smallest absolute Gasteiger partial charge is 0.143 e. The lowest BCUT2D eigenvalue weighted by atomic mass is 9.78. The maximum Gasteiger partial charge on any atom is 0.143 e. The first-order valence-corrected chi connectivity index (χ1v) is 14.5. The Kier molecular flexibility index (Phi) is 8.52. The second-order valence-corrected chi connectivity index (χ2v) is 13.4. The molecule has 0 aliphatic heterocycles. The fraction of sp³-hybridized carbons (Fsp3) is 0.692. The minimum absolute atomic E-state index is 0.0994. The van der Waals surface area contributed by atoms with Crippen LogP contribution in [-0.2, 0) is 20.6 Å². The van der Waals surface area contributed by atoms with Crippen LogP contribution in [0.2, 0.25) is 0 Å². The molecule has 1 aromatic rings. The van der Waals surface area contributed by atoms with E-state index in [4.69, 9.17) is 0 Å². The zero-order valence-corrected chi connectivity index (χ0v) is 19.7. The number of carbonyl (C=O) groups is 2. The lowest BCUT2D eigenvalue weighted by Crippen LogP contribution is -2.26. The van der Waals surface area contributed by atoms with Crippen molar-refractivity contribution < 1.29 is 14.2 Å². The molecule has 2 aliphatic rings. The second kappa shape index (κ2) is 10.9. The van der Waals surface area contributed by atoms with Gasteiger partial charge in [0.15, 0.2) is 0 Å². The number of benzene rings is 1. The van der Waals surface area contributed by atoms with Gasteiger partial charge in [0, 0.05) is 18.0 Å². The van der Waals surface area contributed by atoms with E-state index in [2.05, 4.69) is 12.1 Å². The first-order valence-electron chi connectivity index (χ1n) is 12.0. The topological polar surface area (TPSA) is 51.2 Å². The molecule has 2 saturated carbocycles. The van der Waals surface area contributed by atoms with Gasteiger partial charge in [-0.05, 0) is 63.1 Å². The first kappa shape index (κ1) is 23.5. The minimum atomic E-state index is -2.49. The van der Waals surface area contributed by atoms with Gasteiger partial charge in [-0.15, -0.1) is 0 Å². The number of hydrogen-bond donors (Lipinski definition) is 0. The molecule has 0 amide bonds. The van der Waals surface area contributed by atoms with Crippen LogP contribution in [-0.4, -0.2) is 30.6 Å². The summed E-state index contributed by atoms with van der Waals surface area (Å²) < 4.78 is 13.1. The van der Waals surface area contributed by atoms with Crippen molar-refractivity contribution in [1.29, 1.82) is 0 Å². The van der Waals surface area contributed by atoms with E-state index in [0.29, 0.717) is 18.0 Å². The molecule has 0 spiro atoms. The molecular weight excluding hydrogens is 391 g/mol.